The van der Waals surface area contributed by atoms with Gasteiger partial charge in [0.1, 0.15) is 5.75 Å². The SMILES string of the molecule is COc1ccccc1CNC(=O)N1CCCC1CC(=O)O. The van der Waals surface area contributed by atoms with Crippen molar-refractivity contribution in [2.75, 3.05) is 13.7 Å². The molecule has 0 radical (unpaired) electrons. The number of nitrogens with one attached hydrogen (secondary N) is 1. The van der Waals surface area contributed by atoms with Crippen LogP contribution in [-0.4, -0.2) is 41.7 Å². The monoisotopic (exact) mass is 292 g/mol. The lowest BCUT2D eigenvalue weighted by Gasteiger charge is -2.24. The zero-order chi connectivity index (χ0) is 15.2. The summed E-state index contributed by atoms with van der Waals surface area (Å²) in [5.74, 6) is -0.147. The van der Waals surface area contributed by atoms with Crippen molar-refractivity contribution in [1.29, 1.82) is 0 Å². The number of likely N-dealkylation sites (tertiary alicyclic amines) is 1. The van der Waals surface area contributed by atoms with Crippen molar-refractivity contribution in [3.05, 3.63) is 29.8 Å². The zero-order valence-corrected chi connectivity index (χ0v) is 12.0. The first-order valence-corrected chi connectivity index (χ1v) is 7.00. The van der Waals surface area contributed by atoms with Gasteiger partial charge in [0.15, 0.2) is 0 Å². The number of hydrogen-bond donors (Lipinski definition) is 2. The molecule has 0 saturated carbocycles. The van der Waals surface area contributed by atoms with E-state index in [1.807, 2.05) is 24.3 Å². The molecule has 1 heterocycles. The summed E-state index contributed by atoms with van der Waals surface area (Å²) in [4.78, 5) is 24.6. The molecule has 21 heavy (non-hydrogen) atoms. The number of benzene rings is 1. The predicted molar refractivity (Wildman–Crippen MR) is 77.2 cm³/mol. The van der Waals surface area contributed by atoms with Crippen LogP contribution in [0, 0.1) is 0 Å². The van der Waals surface area contributed by atoms with Crippen LogP contribution in [0.2, 0.25) is 0 Å². The summed E-state index contributed by atoms with van der Waals surface area (Å²) in [6.07, 6.45) is 1.59. The Morgan fingerprint density at radius 3 is 2.90 bits per heavy atom. The van der Waals surface area contributed by atoms with E-state index >= 15 is 0 Å². The van der Waals surface area contributed by atoms with Crippen LogP contribution in [0.15, 0.2) is 24.3 Å². The van der Waals surface area contributed by atoms with Gasteiger partial charge in [-0.2, -0.15) is 0 Å². The fourth-order valence-corrected chi connectivity index (χ4v) is 2.64. The summed E-state index contributed by atoms with van der Waals surface area (Å²) >= 11 is 0. The second kappa shape index (κ2) is 6.97. The van der Waals surface area contributed by atoms with E-state index in [0.29, 0.717) is 13.1 Å². The lowest BCUT2D eigenvalue weighted by atomic mass is 10.1. The Labute approximate surface area is 123 Å². The van der Waals surface area contributed by atoms with Gasteiger partial charge in [0.05, 0.1) is 13.5 Å². The van der Waals surface area contributed by atoms with E-state index in [1.165, 1.54) is 0 Å². The number of nitrogens with zero attached hydrogens (tertiary/aromatic N) is 1. The second-order valence-electron chi connectivity index (χ2n) is 5.06. The average molecular weight is 292 g/mol. The molecule has 1 fully saturated rings. The minimum atomic E-state index is -0.871. The van der Waals surface area contributed by atoms with Gasteiger partial charge in [0, 0.05) is 24.7 Å². The van der Waals surface area contributed by atoms with Crippen LogP contribution in [0.4, 0.5) is 4.79 Å². The van der Waals surface area contributed by atoms with Gasteiger partial charge in [0.25, 0.3) is 0 Å². The summed E-state index contributed by atoms with van der Waals surface area (Å²) in [7, 11) is 1.59. The van der Waals surface area contributed by atoms with Crippen molar-refractivity contribution >= 4 is 12.0 Å². The topological polar surface area (TPSA) is 78.9 Å². The van der Waals surface area contributed by atoms with Crippen LogP contribution >= 0.6 is 0 Å². The van der Waals surface area contributed by atoms with Crippen LogP contribution in [-0.2, 0) is 11.3 Å². The first-order valence-electron chi connectivity index (χ1n) is 7.00. The van der Waals surface area contributed by atoms with E-state index in [0.717, 1.165) is 24.2 Å². The molecule has 1 saturated heterocycles. The summed E-state index contributed by atoms with van der Waals surface area (Å²) in [5, 5.41) is 11.7. The Hall–Kier alpha value is -2.24. The lowest BCUT2D eigenvalue weighted by Crippen LogP contribution is -2.43. The smallest absolute Gasteiger partial charge is 0.317 e. The Balaban J connectivity index is 1.93. The van der Waals surface area contributed by atoms with Crippen molar-refractivity contribution in [2.24, 2.45) is 0 Å². The third-order valence-corrected chi connectivity index (χ3v) is 3.67. The summed E-state index contributed by atoms with van der Waals surface area (Å²) in [6.45, 7) is 0.967. The highest BCUT2D eigenvalue weighted by atomic mass is 16.5. The minimum Gasteiger partial charge on any atom is -0.496 e. The molecule has 0 aliphatic carbocycles. The molecule has 1 atom stereocenters. The van der Waals surface area contributed by atoms with Crippen LogP contribution in [0.25, 0.3) is 0 Å². The molecule has 2 rings (SSSR count). The molecule has 2 amide bonds. The number of carbonyl (C=O) groups is 2. The molecule has 6 nitrogen and oxygen atoms in total. The first kappa shape index (κ1) is 15.2. The van der Waals surface area contributed by atoms with E-state index in [-0.39, 0.29) is 18.5 Å². The number of hydrogen-bond acceptors (Lipinski definition) is 3. The second-order valence-corrected chi connectivity index (χ2v) is 5.06. The van der Waals surface area contributed by atoms with Gasteiger partial charge in [-0.05, 0) is 18.9 Å². The fraction of sp³-hybridized carbons (Fsp3) is 0.467. The molecule has 6 heteroatoms. The van der Waals surface area contributed by atoms with Gasteiger partial charge < -0.3 is 20.1 Å². The maximum atomic E-state index is 12.2. The van der Waals surface area contributed by atoms with Crippen LogP contribution in [0.5, 0.6) is 5.75 Å². The minimum absolute atomic E-state index is 0.00206. The number of carbonyl (C=O) groups excluding carboxylic acids is 1. The molecule has 1 unspecified atom stereocenters. The number of ether oxygens (including phenoxy) is 1. The summed E-state index contributed by atoms with van der Waals surface area (Å²) in [6, 6.07) is 7.05. The number of rotatable bonds is 5. The van der Waals surface area contributed by atoms with Gasteiger partial charge in [0.2, 0.25) is 0 Å². The highest BCUT2D eigenvalue weighted by Gasteiger charge is 2.30. The Morgan fingerprint density at radius 2 is 2.19 bits per heavy atom. The van der Waals surface area contributed by atoms with Crippen molar-refractivity contribution in [3.8, 4) is 5.75 Å². The highest BCUT2D eigenvalue weighted by molar-refractivity contribution is 5.76. The van der Waals surface area contributed by atoms with Gasteiger partial charge in [-0.15, -0.1) is 0 Å². The van der Waals surface area contributed by atoms with Crippen LogP contribution < -0.4 is 10.1 Å². The standard InChI is InChI=1S/C15H20N2O4/c1-21-13-7-3-2-5-11(13)10-16-15(20)17-8-4-6-12(17)9-14(18)19/h2-3,5,7,12H,4,6,8-10H2,1H3,(H,16,20)(H,18,19). The molecule has 0 aromatic heterocycles. The fourth-order valence-electron chi connectivity index (χ4n) is 2.64. The number of amides is 2. The Morgan fingerprint density at radius 1 is 1.43 bits per heavy atom. The molecule has 0 bridgehead atoms. The third kappa shape index (κ3) is 3.87. The van der Waals surface area contributed by atoms with Gasteiger partial charge >= 0.3 is 12.0 Å². The maximum Gasteiger partial charge on any atom is 0.317 e. The van der Waals surface area contributed by atoms with Crippen molar-refractivity contribution in [3.63, 3.8) is 0 Å². The number of carboxylic acids is 1. The van der Waals surface area contributed by atoms with Crippen LogP contribution in [0.3, 0.4) is 0 Å². The quantitative estimate of drug-likeness (QED) is 0.868. The zero-order valence-electron chi connectivity index (χ0n) is 12.0. The van der Waals surface area contributed by atoms with Crippen molar-refractivity contribution in [1.82, 2.24) is 10.2 Å². The molecule has 2 N–H and O–H groups in total. The van der Waals surface area contributed by atoms with E-state index < -0.39 is 5.97 Å². The van der Waals surface area contributed by atoms with E-state index in [4.69, 9.17) is 9.84 Å². The average Bonchev–Trinajstić information content (AvgIpc) is 2.92. The predicted octanol–water partition coefficient (Wildman–Crippen LogP) is 1.84. The van der Waals surface area contributed by atoms with E-state index in [1.54, 1.807) is 12.0 Å². The van der Waals surface area contributed by atoms with Crippen molar-refractivity contribution < 1.29 is 19.4 Å². The third-order valence-electron chi connectivity index (χ3n) is 3.67. The van der Waals surface area contributed by atoms with E-state index in [2.05, 4.69) is 5.32 Å². The Kier molecular flexibility index (Phi) is 5.03. The van der Waals surface area contributed by atoms with Gasteiger partial charge in [-0.1, -0.05) is 18.2 Å². The summed E-state index contributed by atoms with van der Waals surface area (Å²) < 4.78 is 5.23. The molecule has 1 aromatic rings. The molecule has 0 spiro atoms. The number of para-hydroxylation sites is 1. The normalized spacial score (nSPS) is 17.6. The lowest BCUT2D eigenvalue weighted by molar-refractivity contribution is -0.137. The first-order chi connectivity index (χ1) is 10.1. The largest absolute Gasteiger partial charge is 0.496 e. The Bertz CT molecular complexity index is 518. The van der Waals surface area contributed by atoms with Gasteiger partial charge in [-0.3, -0.25) is 4.79 Å². The molecular formula is C15H20N2O4. The van der Waals surface area contributed by atoms with E-state index in [9.17, 15) is 9.59 Å². The number of methoxy groups -OCH3 is 1. The van der Waals surface area contributed by atoms with Crippen molar-refractivity contribution in [2.45, 2.75) is 31.8 Å². The summed E-state index contributed by atoms with van der Waals surface area (Å²) in [5.41, 5.74) is 0.891. The van der Waals surface area contributed by atoms with Crippen LogP contribution in [0.1, 0.15) is 24.8 Å². The highest BCUT2D eigenvalue weighted by Crippen LogP contribution is 2.21. The number of aliphatic carboxylic acids is 1. The molecule has 114 valence electrons. The molecule has 1 aliphatic heterocycles. The number of urea groups is 1. The molecule has 1 aromatic carbocycles. The van der Waals surface area contributed by atoms with Gasteiger partial charge in [-0.25, -0.2) is 4.79 Å². The molecule has 1 aliphatic rings. The molecular weight excluding hydrogens is 272 g/mol. The number of carboxylic acid groups (broad SMARTS) is 1. The maximum absolute atomic E-state index is 12.2.